The van der Waals surface area contributed by atoms with E-state index >= 15 is 0 Å². The van der Waals surface area contributed by atoms with Crippen LogP contribution in [0.1, 0.15) is 5.69 Å². The van der Waals surface area contributed by atoms with Crippen molar-refractivity contribution in [3.63, 3.8) is 0 Å². The van der Waals surface area contributed by atoms with E-state index in [2.05, 4.69) is 4.98 Å². The van der Waals surface area contributed by atoms with Gasteiger partial charge < -0.3 is 9.84 Å². The monoisotopic (exact) mass is 198 g/mol. The summed E-state index contributed by atoms with van der Waals surface area (Å²) in [5.74, 6) is 0. The fourth-order valence-corrected chi connectivity index (χ4v) is 1.01. The zero-order chi connectivity index (χ0) is 10.4. The molecule has 0 radical (unpaired) electrons. The number of nitrogens with zero attached hydrogens (tertiary/aromatic N) is 2. The second-order valence-electron chi connectivity index (χ2n) is 2.90. The third kappa shape index (κ3) is 3.27. The predicted octanol–water partition coefficient (Wildman–Crippen LogP) is -0.439. The number of rotatable bonds is 5. The van der Waals surface area contributed by atoms with Crippen LogP contribution in [0.4, 0.5) is 0 Å². The highest BCUT2D eigenvalue weighted by Gasteiger charge is 1.96. The lowest BCUT2D eigenvalue weighted by atomic mass is 10.4. The summed E-state index contributed by atoms with van der Waals surface area (Å²) in [6.45, 7) is 2.94. The molecule has 1 rings (SSSR count). The normalized spacial score (nSPS) is 10.4. The highest BCUT2D eigenvalue weighted by atomic mass is 16.5. The maximum atomic E-state index is 11.3. The minimum atomic E-state index is -0.0786. The SMILES string of the molecule is Cc1cc(=O)n(CCOCCO)cn1. The van der Waals surface area contributed by atoms with E-state index in [0.29, 0.717) is 25.5 Å². The fourth-order valence-electron chi connectivity index (χ4n) is 1.01. The van der Waals surface area contributed by atoms with Crippen molar-refractivity contribution in [2.24, 2.45) is 0 Å². The van der Waals surface area contributed by atoms with Crippen LogP contribution in [0.3, 0.4) is 0 Å². The maximum absolute atomic E-state index is 11.3. The molecule has 5 nitrogen and oxygen atoms in total. The molecule has 0 spiro atoms. The third-order valence-electron chi connectivity index (χ3n) is 1.73. The Bertz CT molecular complexity index is 335. The van der Waals surface area contributed by atoms with Gasteiger partial charge in [0.15, 0.2) is 0 Å². The smallest absolute Gasteiger partial charge is 0.253 e. The van der Waals surface area contributed by atoms with Crippen molar-refractivity contribution in [3.8, 4) is 0 Å². The molecule has 0 aliphatic carbocycles. The van der Waals surface area contributed by atoms with Crippen molar-refractivity contribution in [1.82, 2.24) is 9.55 Å². The Kier molecular flexibility index (Phi) is 4.28. The molecule has 1 heterocycles. The molecular weight excluding hydrogens is 184 g/mol. The number of aromatic nitrogens is 2. The van der Waals surface area contributed by atoms with Crippen molar-refractivity contribution >= 4 is 0 Å². The molecule has 1 aromatic rings. The zero-order valence-corrected chi connectivity index (χ0v) is 8.14. The van der Waals surface area contributed by atoms with E-state index in [1.807, 2.05) is 0 Å². The highest BCUT2D eigenvalue weighted by Crippen LogP contribution is 1.85. The average molecular weight is 198 g/mol. The van der Waals surface area contributed by atoms with Crippen LogP contribution < -0.4 is 5.56 Å². The summed E-state index contributed by atoms with van der Waals surface area (Å²) in [6, 6.07) is 1.48. The summed E-state index contributed by atoms with van der Waals surface area (Å²) < 4.78 is 6.51. The van der Waals surface area contributed by atoms with E-state index in [0.717, 1.165) is 0 Å². The first-order valence-electron chi connectivity index (χ1n) is 4.45. The van der Waals surface area contributed by atoms with Crippen LogP contribution in [0.2, 0.25) is 0 Å². The zero-order valence-electron chi connectivity index (χ0n) is 8.14. The molecule has 0 saturated carbocycles. The van der Waals surface area contributed by atoms with Crippen molar-refractivity contribution in [2.45, 2.75) is 13.5 Å². The number of hydrogen-bond acceptors (Lipinski definition) is 4. The molecule has 0 fully saturated rings. The molecule has 5 heteroatoms. The lowest BCUT2D eigenvalue weighted by molar-refractivity contribution is 0.0864. The molecule has 0 unspecified atom stereocenters. The average Bonchev–Trinajstić information content (AvgIpc) is 2.15. The van der Waals surface area contributed by atoms with Crippen LogP contribution in [0.5, 0.6) is 0 Å². The van der Waals surface area contributed by atoms with Gasteiger partial charge in [0.1, 0.15) is 0 Å². The van der Waals surface area contributed by atoms with E-state index in [1.165, 1.54) is 17.0 Å². The van der Waals surface area contributed by atoms with E-state index in [4.69, 9.17) is 9.84 Å². The molecule has 1 aromatic heterocycles. The molecule has 0 aromatic carbocycles. The number of aryl methyl sites for hydroxylation is 1. The predicted molar refractivity (Wildman–Crippen MR) is 51.1 cm³/mol. The van der Waals surface area contributed by atoms with Crippen molar-refractivity contribution in [3.05, 3.63) is 28.4 Å². The van der Waals surface area contributed by atoms with Crippen molar-refractivity contribution < 1.29 is 9.84 Å². The van der Waals surface area contributed by atoms with E-state index in [9.17, 15) is 4.79 Å². The molecular formula is C9H14N2O3. The van der Waals surface area contributed by atoms with Crippen LogP contribution in [0.25, 0.3) is 0 Å². The molecule has 0 bridgehead atoms. The van der Waals surface area contributed by atoms with Gasteiger partial charge in [-0.25, -0.2) is 4.98 Å². The van der Waals surface area contributed by atoms with Gasteiger partial charge in [-0.1, -0.05) is 0 Å². The highest BCUT2D eigenvalue weighted by molar-refractivity contribution is 4.95. The summed E-state index contributed by atoms with van der Waals surface area (Å²) in [7, 11) is 0. The van der Waals surface area contributed by atoms with Crippen molar-refractivity contribution in [1.29, 1.82) is 0 Å². The van der Waals surface area contributed by atoms with Gasteiger partial charge >= 0.3 is 0 Å². The van der Waals surface area contributed by atoms with E-state index in [1.54, 1.807) is 6.92 Å². The maximum Gasteiger partial charge on any atom is 0.253 e. The van der Waals surface area contributed by atoms with Gasteiger partial charge in [-0.15, -0.1) is 0 Å². The van der Waals surface area contributed by atoms with Gasteiger partial charge in [0.2, 0.25) is 0 Å². The summed E-state index contributed by atoms with van der Waals surface area (Å²) >= 11 is 0. The quantitative estimate of drug-likeness (QED) is 0.651. The van der Waals surface area contributed by atoms with Gasteiger partial charge in [-0.05, 0) is 6.92 Å². The van der Waals surface area contributed by atoms with Crippen LogP contribution in [-0.4, -0.2) is 34.5 Å². The lowest BCUT2D eigenvalue weighted by Crippen LogP contribution is -2.22. The number of aliphatic hydroxyl groups is 1. The van der Waals surface area contributed by atoms with Crippen LogP contribution in [0.15, 0.2) is 17.2 Å². The molecule has 14 heavy (non-hydrogen) atoms. The Balaban J connectivity index is 2.47. The molecule has 0 aliphatic heterocycles. The van der Waals surface area contributed by atoms with Crippen LogP contribution >= 0.6 is 0 Å². The first kappa shape index (κ1) is 10.9. The largest absolute Gasteiger partial charge is 0.394 e. The molecule has 0 atom stereocenters. The summed E-state index contributed by atoms with van der Waals surface area (Å²) in [5, 5.41) is 8.45. The van der Waals surface area contributed by atoms with Gasteiger partial charge in [-0.2, -0.15) is 0 Å². The number of hydrogen-bond donors (Lipinski definition) is 1. The van der Waals surface area contributed by atoms with Crippen LogP contribution in [-0.2, 0) is 11.3 Å². The standard InChI is InChI=1S/C9H14N2O3/c1-8-6-9(13)11(7-10-8)2-4-14-5-3-12/h6-7,12H,2-5H2,1H3. The molecule has 78 valence electrons. The third-order valence-corrected chi connectivity index (χ3v) is 1.73. The summed E-state index contributed by atoms with van der Waals surface area (Å²) in [6.07, 6.45) is 1.50. The number of aliphatic hydroxyl groups excluding tert-OH is 1. The van der Waals surface area contributed by atoms with Crippen molar-refractivity contribution in [2.75, 3.05) is 19.8 Å². The van der Waals surface area contributed by atoms with E-state index in [-0.39, 0.29) is 12.2 Å². The fraction of sp³-hybridized carbons (Fsp3) is 0.556. The molecule has 0 amide bonds. The second-order valence-corrected chi connectivity index (χ2v) is 2.90. The Morgan fingerprint density at radius 1 is 1.57 bits per heavy atom. The number of ether oxygens (including phenoxy) is 1. The Hall–Kier alpha value is -1.20. The first-order chi connectivity index (χ1) is 6.74. The minimum absolute atomic E-state index is 0.00104. The Labute approximate surface area is 82.0 Å². The first-order valence-corrected chi connectivity index (χ1v) is 4.45. The van der Waals surface area contributed by atoms with Gasteiger partial charge in [-0.3, -0.25) is 9.36 Å². The summed E-state index contributed by atoms with van der Waals surface area (Å²) in [5.41, 5.74) is 0.632. The lowest BCUT2D eigenvalue weighted by Gasteiger charge is -2.05. The van der Waals surface area contributed by atoms with Gasteiger partial charge in [0.25, 0.3) is 5.56 Å². The Morgan fingerprint density at radius 2 is 2.36 bits per heavy atom. The van der Waals surface area contributed by atoms with E-state index < -0.39 is 0 Å². The molecule has 0 saturated heterocycles. The molecule has 1 N–H and O–H groups in total. The summed E-state index contributed by atoms with van der Waals surface area (Å²) in [4.78, 5) is 15.3. The van der Waals surface area contributed by atoms with Gasteiger partial charge in [0, 0.05) is 11.8 Å². The van der Waals surface area contributed by atoms with Crippen LogP contribution in [0, 0.1) is 6.92 Å². The van der Waals surface area contributed by atoms with Gasteiger partial charge in [0.05, 0.1) is 32.7 Å². The topological polar surface area (TPSA) is 64.3 Å². The Morgan fingerprint density at radius 3 is 3.00 bits per heavy atom. The molecule has 0 aliphatic rings. The second kappa shape index (κ2) is 5.51. The minimum Gasteiger partial charge on any atom is -0.394 e.